The van der Waals surface area contributed by atoms with Crippen molar-refractivity contribution >= 4 is 17.4 Å². The van der Waals surface area contributed by atoms with E-state index in [1.807, 2.05) is 30.3 Å². The number of piperidine rings is 1. The summed E-state index contributed by atoms with van der Waals surface area (Å²) in [5, 5.41) is 6.44. The van der Waals surface area contributed by atoms with Crippen LogP contribution in [0.25, 0.3) is 11.3 Å². The maximum atomic E-state index is 13.2. The van der Waals surface area contributed by atoms with E-state index in [0.29, 0.717) is 17.1 Å². The van der Waals surface area contributed by atoms with Crippen molar-refractivity contribution in [2.75, 3.05) is 18.4 Å². The Morgan fingerprint density at radius 1 is 0.917 bits per heavy atom. The second kappa shape index (κ2) is 11.1. The summed E-state index contributed by atoms with van der Waals surface area (Å²) < 4.78 is 13.2. The number of nitrogens with one attached hydrogen (secondary N) is 2. The van der Waals surface area contributed by atoms with Gasteiger partial charge in [0.25, 0.3) is 5.91 Å². The van der Waals surface area contributed by atoms with Gasteiger partial charge in [0.2, 0.25) is 0 Å². The van der Waals surface area contributed by atoms with Gasteiger partial charge in [-0.05, 0) is 60.9 Å². The Bertz CT molecular complexity index is 1300. The average molecular weight is 482 g/mol. The number of aromatic nitrogens is 2. The first-order chi connectivity index (χ1) is 17.6. The fourth-order valence-corrected chi connectivity index (χ4v) is 4.44. The minimum atomic E-state index is -0.293. The van der Waals surface area contributed by atoms with Crippen LogP contribution in [0.15, 0.2) is 91.3 Å². The molecule has 5 rings (SSSR count). The molecule has 1 aliphatic heterocycles. The molecule has 1 saturated heterocycles. The van der Waals surface area contributed by atoms with Crippen molar-refractivity contribution in [3.05, 3.63) is 108 Å². The molecule has 1 fully saturated rings. The second-order valence-corrected chi connectivity index (χ2v) is 9.01. The Kier molecular flexibility index (Phi) is 7.28. The highest BCUT2D eigenvalue weighted by Gasteiger charge is 2.21. The highest BCUT2D eigenvalue weighted by Crippen LogP contribution is 2.22. The SMILES string of the molecule is O=C(NC1CCN(Cc2ccccc2)CC1)c1cccc(Nc2cc(-c3ccc(F)cc3)ncn2)c1. The molecular weight excluding hydrogens is 453 g/mol. The second-order valence-electron chi connectivity index (χ2n) is 9.01. The molecule has 1 aromatic heterocycles. The lowest BCUT2D eigenvalue weighted by atomic mass is 10.0. The van der Waals surface area contributed by atoms with Gasteiger partial charge >= 0.3 is 0 Å². The van der Waals surface area contributed by atoms with E-state index in [1.165, 1.54) is 24.0 Å². The summed E-state index contributed by atoms with van der Waals surface area (Å²) >= 11 is 0. The van der Waals surface area contributed by atoms with Gasteiger partial charge in [-0.1, -0.05) is 36.4 Å². The van der Waals surface area contributed by atoms with Crippen molar-refractivity contribution < 1.29 is 9.18 Å². The van der Waals surface area contributed by atoms with Gasteiger partial charge in [-0.2, -0.15) is 0 Å². The number of anilines is 2. The summed E-state index contributed by atoms with van der Waals surface area (Å²) in [6, 6.07) is 26.0. The van der Waals surface area contributed by atoms with Crippen molar-refractivity contribution in [3.63, 3.8) is 0 Å². The summed E-state index contributed by atoms with van der Waals surface area (Å²) in [4.78, 5) is 23.9. The lowest BCUT2D eigenvalue weighted by Gasteiger charge is -2.32. The van der Waals surface area contributed by atoms with Crippen molar-refractivity contribution in [3.8, 4) is 11.3 Å². The third kappa shape index (κ3) is 6.12. The van der Waals surface area contributed by atoms with Crippen LogP contribution >= 0.6 is 0 Å². The van der Waals surface area contributed by atoms with Crippen LogP contribution in [0.4, 0.5) is 15.9 Å². The molecular formula is C29H28FN5O. The summed E-state index contributed by atoms with van der Waals surface area (Å²) in [6.07, 6.45) is 3.33. The van der Waals surface area contributed by atoms with Crippen LogP contribution in [0, 0.1) is 5.82 Å². The van der Waals surface area contributed by atoms with Gasteiger partial charge in [0.1, 0.15) is 18.0 Å². The predicted octanol–water partition coefficient (Wildman–Crippen LogP) is 5.42. The first-order valence-electron chi connectivity index (χ1n) is 12.1. The third-order valence-corrected chi connectivity index (χ3v) is 6.38. The van der Waals surface area contributed by atoms with Crippen molar-refractivity contribution in [1.29, 1.82) is 0 Å². The van der Waals surface area contributed by atoms with Crippen LogP contribution < -0.4 is 10.6 Å². The molecule has 3 aromatic carbocycles. The number of carbonyl (C=O) groups is 1. The molecule has 36 heavy (non-hydrogen) atoms. The monoisotopic (exact) mass is 481 g/mol. The summed E-state index contributed by atoms with van der Waals surface area (Å²) in [5.74, 6) is 0.224. The summed E-state index contributed by atoms with van der Waals surface area (Å²) in [7, 11) is 0. The zero-order chi connectivity index (χ0) is 24.7. The lowest BCUT2D eigenvalue weighted by molar-refractivity contribution is 0.0909. The fraction of sp³-hybridized carbons (Fsp3) is 0.207. The highest BCUT2D eigenvalue weighted by atomic mass is 19.1. The first kappa shape index (κ1) is 23.6. The normalized spacial score (nSPS) is 14.4. The number of hydrogen-bond donors (Lipinski definition) is 2. The highest BCUT2D eigenvalue weighted by molar-refractivity contribution is 5.95. The number of benzene rings is 3. The molecule has 0 saturated carbocycles. The van der Waals surface area contributed by atoms with Crippen LogP contribution in [0.2, 0.25) is 0 Å². The van der Waals surface area contributed by atoms with Gasteiger partial charge < -0.3 is 10.6 Å². The summed E-state index contributed by atoms with van der Waals surface area (Å²) in [5.41, 5.74) is 4.14. The van der Waals surface area contributed by atoms with E-state index in [-0.39, 0.29) is 17.8 Å². The van der Waals surface area contributed by atoms with E-state index in [2.05, 4.69) is 49.8 Å². The Morgan fingerprint density at radius 3 is 2.47 bits per heavy atom. The van der Waals surface area contributed by atoms with Crippen LogP contribution in [0.1, 0.15) is 28.8 Å². The molecule has 2 heterocycles. The molecule has 182 valence electrons. The zero-order valence-electron chi connectivity index (χ0n) is 19.9. The number of halogens is 1. The van der Waals surface area contributed by atoms with Gasteiger partial charge in [-0.25, -0.2) is 14.4 Å². The Hall–Kier alpha value is -4.10. The summed E-state index contributed by atoms with van der Waals surface area (Å²) in [6.45, 7) is 2.87. The topological polar surface area (TPSA) is 70.2 Å². The van der Waals surface area contributed by atoms with Crippen molar-refractivity contribution in [2.45, 2.75) is 25.4 Å². The molecule has 0 spiro atoms. The van der Waals surface area contributed by atoms with Crippen LogP contribution in [0.5, 0.6) is 0 Å². The zero-order valence-corrected chi connectivity index (χ0v) is 19.9. The van der Waals surface area contributed by atoms with Crippen LogP contribution in [-0.4, -0.2) is 39.9 Å². The molecule has 2 N–H and O–H groups in total. The van der Waals surface area contributed by atoms with Crippen LogP contribution in [-0.2, 0) is 6.54 Å². The minimum Gasteiger partial charge on any atom is -0.349 e. The Balaban J connectivity index is 1.17. The van der Waals surface area contributed by atoms with Crippen LogP contribution in [0.3, 0.4) is 0 Å². The molecule has 7 heteroatoms. The van der Waals surface area contributed by atoms with Crippen molar-refractivity contribution in [1.82, 2.24) is 20.2 Å². The molecule has 0 radical (unpaired) electrons. The van der Waals surface area contributed by atoms with Gasteiger partial charge in [-0.15, -0.1) is 0 Å². The van der Waals surface area contributed by atoms with Gasteiger partial charge in [0.15, 0.2) is 0 Å². The van der Waals surface area contributed by atoms with E-state index < -0.39 is 0 Å². The van der Waals surface area contributed by atoms with Crippen molar-refractivity contribution in [2.24, 2.45) is 0 Å². The maximum absolute atomic E-state index is 13.2. The van der Waals surface area contributed by atoms with E-state index in [4.69, 9.17) is 0 Å². The fourth-order valence-electron chi connectivity index (χ4n) is 4.44. The quantitative estimate of drug-likeness (QED) is 0.369. The average Bonchev–Trinajstić information content (AvgIpc) is 2.91. The first-order valence-corrected chi connectivity index (χ1v) is 12.1. The molecule has 6 nitrogen and oxygen atoms in total. The standard InChI is InChI=1S/C29H28FN5O/c30-24-11-9-22(10-12-24)27-18-28(32-20-31-27)33-26-8-4-7-23(17-26)29(36)34-25-13-15-35(16-14-25)19-21-5-2-1-3-6-21/h1-12,17-18,20,25H,13-16,19H2,(H,34,36)(H,31,32,33). The van der Waals surface area contributed by atoms with E-state index in [1.54, 1.807) is 18.2 Å². The maximum Gasteiger partial charge on any atom is 0.251 e. The number of amides is 1. The third-order valence-electron chi connectivity index (χ3n) is 6.38. The molecule has 0 bridgehead atoms. The molecule has 0 aliphatic carbocycles. The van der Waals surface area contributed by atoms with Gasteiger partial charge in [-0.3, -0.25) is 9.69 Å². The molecule has 0 atom stereocenters. The Labute approximate surface area is 210 Å². The minimum absolute atomic E-state index is 0.0742. The van der Waals surface area contributed by atoms with E-state index in [0.717, 1.165) is 43.7 Å². The number of nitrogens with zero attached hydrogens (tertiary/aromatic N) is 3. The molecule has 4 aromatic rings. The molecule has 0 unspecified atom stereocenters. The predicted molar refractivity (Wildman–Crippen MR) is 139 cm³/mol. The molecule has 1 amide bonds. The lowest BCUT2D eigenvalue weighted by Crippen LogP contribution is -2.44. The Morgan fingerprint density at radius 2 is 1.69 bits per heavy atom. The van der Waals surface area contributed by atoms with Gasteiger partial charge in [0.05, 0.1) is 5.69 Å². The smallest absolute Gasteiger partial charge is 0.251 e. The van der Waals surface area contributed by atoms with E-state index in [9.17, 15) is 9.18 Å². The number of carbonyl (C=O) groups excluding carboxylic acids is 1. The number of hydrogen-bond acceptors (Lipinski definition) is 5. The van der Waals surface area contributed by atoms with E-state index >= 15 is 0 Å². The number of likely N-dealkylation sites (tertiary alicyclic amines) is 1. The molecule has 1 aliphatic rings. The number of rotatable bonds is 7. The van der Waals surface area contributed by atoms with Gasteiger partial charge in [0, 0.05) is 48.6 Å². The largest absolute Gasteiger partial charge is 0.349 e.